The molecule has 2 atom stereocenters. The summed E-state index contributed by atoms with van der Waals surface area (Å²) < 4.78 is 0. The molecule has 172 valence electrons. The standard InChI is InChI=1S/C19H29N7O4.ClH/c20-19(25-26(29)30)21-10-6-2-5-9-17(27)24-15-11-16(22-13-15)18(28)23-12-14-7-3-1-4-8-14;/h1,3-4,7-8,15-16,22H,2,5-6,9-13H2,(H,23,28)(H,24,27)(H3,20,21,25);1H/t15-,16-;/m0./s1. The van der Waals surface area contributed by atoms with Gasteiger partial charge in [0.2, 0.25) is 11.8 Å². The van der Waals surface area contributed by atoms with Crippen molar-refractivity contribution < 1.29 is 14.6 Å². The van der Waals surface area contributed by atoms with E-state index in [-0.39, 0.29) is 42.3 Å². The van der Waals surface area contributed by atoms with Crippen LogP contribution in [0.3, 0.4) is 0 Å². The van der Waals surface area contributed by atoms with E-state index in [0.717, 1.165) is 12.0 Å². The molecule has 1 saturated heterocycles. The topological polar surface area (TPSA) is 164 Å². The summed E-state index contributed by atoms with van der Waals surface area (Å²) in [5.74, 6) is -0.346. The molecule has 31 heavy (non-hydrogen) atoms. The summed E-state index contributed by atoms with van der Waals surface area (Å²) in [6.45, 7) is 1.40. The number of amides is 2. The van der Waals surface area contributed by atoms with Crippen molar-refractivity contribution in [2.45, 2.75) is 50.7 Å². The van der Waals surface area contributed by atoms with Crippen molar-refractivity contribution in [3.8, 4) is 0 Å². The molecule has 1 aromatic carbocycles. The number of nitrogens with two attached hydrogens (primary N) is 1. The Labute approximate surface area is 187 Å². The summed E-state index contributed by atoms with van der Waals surface area (Å²) in [6, 6.07) is 9.32. The van der Waals surface area contributed by atoms with Gasteiger partial charge in [-0.1, -0.05) is 42.2 Å². The van der Waals surface area contributed by atoms with E-state index in [9.17, 15) is 19.7 Å². The molecule has 1 aromatic rings. The van der Waals surface area contributed by atoms with Crippen LogP contribution in [0.1, 0.15) is 37.7 Å². The number of nitrogens with zero attached hydrogens (tertiary/aromatic N) is 2. The van der Waals surface area contributed by atoms with Crippen molar-refractivity contribution >= 4 is 30.2 Å². The van der Waals surface area contributed by atoms with Crippen LogP contribution in [0.4, 0.5) is 0 Å². The number of hydrogen-bond acceptors (Lipinski definition) is 6. The van der Waals surface area contributed by atoms with E-state index in [1.165, 1.54) is 0 Å². The van der Waals surface area contributed by atoms with E-state index in [0.29, 0.717) is 45.3 Å². The number of halogens is 1. The van der Waals surface area contributed by atoms with Crippen molar-refractivity contribution in [2.75, 3.05) is 13.1 Å². The molecule has 1 aliphatic heterocycles. The van der Waals surface area contributed by atoms with Gasteiger partial charge in [-0.25, -0.2) is 15.1 Å². The van der Waals surface area contributed by atoms with Gasteiger partial charge in [0.05, 0.1) is 6.04 Å². The van der Waals surface area contributed by atoms with Gasteiger partial charge in [-0.3, -0.25) is 9.59 Å². The van der Waals surface area contributed by atoms with Crippen molar-refractivity contribution in [2.24, 2.45) is 10.7 Å². The van der Waals surface area contributed by atoms with E-state index >= 15 is 0 Å². The fraction of sp³-hybridized carbons (Fsp3) is 0.526. The second kappa shape index (κ2) is 14.1. The molecular formula is C19H30ClN7O4. The Morgan fingerprint density at radius 1 is 1.23 bits per heavy atom. The molecule has 0 unspecified atom stereocenters. The van der Waals surface area contributed by atoms with Crippen LogP contribution < -0.4 is 27.1 Å². The minimum absolute atomic E-state index is 0. The maximum absolute atomic E-state index is 12.3. The lowest BCUT2D eigenvalue weighted by Crippen LogP contribution is -2.40. The summed E-state index contributed by atoms with van der Waals surface area (Å²) in [5, 5.41) is 18.4. The molecular weight excluding hydrogens is 426 g/mol. The lowest BCUT2D eigenvalue weighted by molar-refractivity contribution is -0.525. The van der Waals surface area contributed by atoms with Gasteiger partial charge in [-0.15, -0.1) is 12.4 Å². The summed E-state index contributed by atoms with van der Waals surface area (Å²) in [5.41, 5.74) is 8.12. The average Bonchev–Trinajstić information content (AvgIpc) is 3.17. The minimum Gasteiger partial charge on any atom is -0.365 e. The van der Waals surface area contributed by atoms with Gasteiger partial charge in [-0.05, 0) is 24.8 Å². The molecule has 1 heterocycles. The first-order valence-electron chi connectivity index (χ1n) is 9.99. The highest BCUT2D eigenvalue weighted by atomic mass is 35.5. The van der Waals surface area contributed by atoms with Crippen LogP contribution >= 0.6 is 12.4 Å². The van der Waals surface area contributed by atoms with Crippen LogP contribution in [0.25, 0.3) is 0 Å². The molecule has 0 spiro atoms. The summed E-state index contributed by atoms with van der Waals surface area (Å²) in [6.07, 6.45) is 3.07. The number of rotatable bonds is 11. The maximum atomic E-state index is 12.3. The number of guanidine groups is 1. The van der Waals surface area contributed by atoms with E-state index in [1.807, 2.05) is 30.3 Å². The lowest BCUT2D eigenvalue weighted by Gasteiger charge is -2.13. The highest BCUT2D eigenvalue weighted by Crippen LogP contribution is 2.09. The smallest absolute Gasteiger partial charge is 0.251 e. The Morgan fingerprint density at radius 2 is 1.97 bits per heavy atom. The quantitative estimate of drug-likeness (QED) is 0.105. The van der Waals surface area contributed by atoms with Gasteiger partial charge in [0, 0.05) is 32.1 Å². The fourth-order valence-corrected chi connectivity index (χ4v) is 3.16. The molecule has 0 aromatic heterocycles. The van der Waals surface area contributed by atoms with Crippen LogP contribution in [-0.2, 0) is 16.1 Å². The van der Waals surface area contributed by atoms with Crippen molar-refractivity contribution in [3.63, 3.8) is 0 Å². The number of nitrogens with one attached hydrogen (secondary N) is 4. The van der Waals surface area contributed by atoms with Gasteiger partial charge in [0.15, 0.2) is 5.03 Å². The second-order valence-electron chi connectivity index (χ2n) is 7.11. The number of aliphatic imine (C=N–C) groups is 1. The Hall–Kier alpha value is -2.92. The first-order chi connectivity index (χ1) is 14.4. The first kappa shape index (κ1) is 26.1. The number of nitro groups is 1. The molecule has 1 aliphatic rings. The predicted molar refractivity (Wildman–Crippen MR) is 119 cm³/mol. The number of carbonyl (C=O) groups is 2. The number of hydrazine groups is 1. The van der Waals surface area contributed by atoms with Gasteiger partial charge in [0.1, 0.15) is 0 Å². The monoisotopic (exact) mass is 455 g/mol. The first-order valence-corrected chi connectivity index (χ1v) is 9.99. The molecule has 0 bridgehead atoms. The molecule has 12 heteroatoms. The SMILES string of the molecule is Cl.NC(=NCCCCCC(=O)N[C@@H]1CN[C@H](C(=O)NCc2ccccc2)C1)N[N+](=O)[O-]. The third-order valence-corrected chi connectivity index (χ3v) is 4.67. The number of carbonyl (C=O) groups excluding carboxylic acids is 2. The molecule has 11 nitrogen and oxygen atoms in total. The molecule has 6 N–H and O–H groups in total. The molecule has 2 rings (SSSR count). The van der Waals surface area contributed by atoms with E-state index in [2.05, 4.69) is 20.9 Å². The fourth-order valence-electron chi connectivity index (χ4n) is 3.16. The van der Waals surface area contributed by atoms with E-state index in [4.69, 9.17) is 5.73 Å². The third kappa shape index (κ3) is 10.6. The summed E-state index contributed by atoms with van der Waals surface area (Å²) in [7, 11) is 0. The number of benzene rings is 1. The molecule has 0 radical (unpaired) electrons. The van der Waals surface area contributed by atoms with Crippen molar-refractivity contribution in [1.82, 2.24) is 21.4 Å². The Morgan fingerprint density at radius 3 is 2.68 bits per heavy atom. The molecule has 0 aliphatic carbocycles. The Balaban J connectivity index is 0.00000480. The summed E-state index contributed by atoms with van der Waals surface area (Å²) in [4.78, 5) is 38.4. The van der Waals surface area contributed by atoms with E-state index in [1.54, 1.807) is 5.43 Å². The van der Waals surface area contributed by atoms with Gasteiger partial charge in [0.25, 0.3) is 5.96 Å². The number of unbranched alkanes of at least 4 members (excludes halogenated alkanes) is 2. The predicted octanol–water partition coefficient (Wildman–Crippen LogP) is 0.228. The Kier molecular flexibility index (Phi) is 11.9. The Bertz CT molecular complexity index is 748. The third-order valence-electron chi connectivity index (χ3n) is 4.67. The zero-order chi connectivity index (χ0) is 21.8. The highest BCUT2D eigenvalue weighted by Gasteiger charge is 2.29. The molecule has 1 fully saturated rings. The lowest BCUT2D eigenvalue weighted by atomic mass is 10.1. The van der Waals surface area contributed by atoms with Crippen LogP contribution in [0.15, 0.2) is 35.3 Å². The van der Waals surface area contributed by atoms with Crippen LogP contribution in [0.2, 0.25) is 0 Å². The maximum Gasteiger partial charge on any atom is 0.251 e. The van der Waals surface area contributed by atoms with Crippen LogP contribution in [0, 0.1) is 10.1 Å². The van der Waals surface area contributed by atoms with Crippen molar-refractivity contribution in [3.05, 3.63) is 46.0 Å². The van der Waals surface area contributed by atoms with E-state index < -0.39 is 5.03 Å². The minimum atomic E-state index is -0.765. The summed E-state index contributed by atoms with van der Waals surface area (Å²) >= 11 is 0. The van der Waals surface area contributed by atoms with Gasteiger partial charge >= 0.3 is 0 Å². The van der Waals surface area contributed by atoms with Crippen LogP contribution in [-0.4, -0.2) is 48.0 Å². The van der Waals surface area contributed by atoms with Gasteiger partial charge in [-0.2, -0.15) is 0 Å². The van der Waals surface area contributed by atoms with Crippen LogP contribution in [0.5, 0.6) is 0 Å². The average molecular weight is 456 g/mol. The molecule has 0 saturated carbocycles. The number of hydrogen-bond donors (Lipinski definition) is 5. The second-order valence-corrected chi connectivity index (χ2v) is 7.11. The highest BCUT2D eigenvalue weighted by molar-refractivity contribution is 5.85. The largest absolute Gasteiger partial charge is 0.365 e. The normalized spacial score (nSPS) is 18.0. The zero-order valence-corrected chi connectivity index (χ0v) is 18.0. The van der Waals surface area contributed by atoms with Gasteiger partial charge < -0.3 is 21.7 Å². The molecule has 2 amide bonds. The zero-order valence-electron chi connectivity index (χ0n) is 17.2. The van der Waals surface area contributed by atoms with Crippen molar-refractivity contribution in [1.29, 1.82) is 0 Å².